The molecule has 3 rings (SSSR count). The van der Waals surface area contributed by atoms with Crippen molar-refractivity contribution in [2.24, 2.45) is 5.92 Å². The Balaban J connectivity index is 1.37. The summed E-state index contributed by atoms with van der Waals surface area (Å²) in [6, 6.07) is 24.5. The first-order valence-electron chi connectivity index (χ1n) is 11.3. The summed E-state index contributed by atoms with van der Waals surface area (Å²) in [4.78, 5) is 12.3. The van der Waals surface area contributed by atoms with Crippen molar-refractivity contribution < 1.29 is 19.0 Å². The number of nitrogens with one attached hydrogen (secondary N) is 2. The molecular formula is C27H32N2O4. The quantitative estimate of drug-likeness (QED) is 0.332. The van der Waals surface area contributed by atoms with Crippen LogP contribution >= 0.6 is 0 Å². The van der Waals surface area contributed by atoms with Crippen molar-refractivity contribution in [1.82, 2.24) is 0 Å². The molecule has 0 atom stereocenters. The molecular weight excluding hydrogens is 416 g/mol. The summed E-state index contributed by atoms with van der Waals surface area (Å²) >= 11 is 0. The fourth-order valence-corrected chi connectivity index (χ4v) is 2.97. The second-order valence-electron chi connectivity index (χ2n) is 7.99. The third kappa shape index (κ3) is 9.15. The number of hydrogen-bond acceptors (Lipinski definition) is 5. The SMILES string of the molecule is CC(C)CCOc1ccc(NCC(=O)Nc2cccc(OCCOc3ccccc3)c2)cc1. The van der Waals surface area contributed by atoms with E-state index in [-0.39, 0.29) is 12.5 Å². The van der Waals surface area contributed by atoms with Crippen LogP contribution in [0.15, 0.2) is 78.9 Å². The highest BCUT2D eigenvalue weighted by atomic mass is 16.5. The van der Waals surface area contributed by atoms with E-state index in [1.165, 1.54) is 0 Å². The van der Waals surface area contributed by atoms with Crippen LogP contribution in [-0.2, 0) is 4.79 Å². The van der Waals surface area contributed by atoms with Crippen LogP contribution in [0.4, 0.5) is 11.4 Å². The molecule has 1 amide bonds. The molecule has 3 aromatic carbocycles. The molecule has 2 N–H and O–H groups in total. The maximum atomic E-state index is 12.3. The average Bonchev–Trinajstić information content (AvgIpc) is 2.82. The highest BCUT2D eigenvalue weighted by molar-refractivity contribution is 5.93. The lowest BCUT2D eigenvalue weighted by Gasteiger charge is -2.11. The van der Waals surface area contributed by atoms with Gasteiger partial charge in [-0.1, -0.05) is 38.1 Å². The van der Waals surface area contributed by atoms with Crippen molar-refractivity contribution in [2.75, 3.05) is 37.0 Å². The van der Waals surface area contributed by atoms with E-state index in [1.807, 2.05) is 72.8 Å². The van der Waals surface area contributed by atoms with Crippen molar-refractivity contribution >= 4 is 17.3 Å². The Morgan fingerprint density at radius 2 is 1.36 bits per heavy atom. The number of para-hydroxylation sites is 1. The number of hydrogen-bond donors (Lipinski definition) is 2. The van der Waals surface area contributed by atoms with E-state index in [9.17, 15) is 4.79 Å². The maximum absolute atomic E-state index is 12.3. The molecule has 174 valence electrons. The van der Waals surface area contributed by atoms with E-state index in [0.29, 0.717) is 37.2 Å². The minimum atomic E-state index is -0.142. The molecule has 0 bridgehead atoms. The molecule has 3 aromatic rings. The Labute approximate surface area is 195 Å². The van der Waals surface area contributed by atoms with Crippen molar-refractivity contribution in [3.05, 3.63) is 78.9 Å². The molecule has 6 heteroatoms. The van der Waals surface area contributed by atoms with Gasteiger partial charge in [-0.15, -0.1) is 0 Å². The molecule has 0 saturated carbocycles. The van der Waals surface area contributed by atoms with Crippen LogP contribution in [0.25, 0.3) is 0 Å². The lowest BCUT2D eigenvalue weighted by Crippen LogP contribution is -2.21. The molecule has 0 aliphatic heterocycles. The Bertz CT molecular complexity index is 975. The van der Waals surface area contributed by atoms with Gasteiger partial charge in [0, 0.05) is 17.4 Å². The normalized spacial score (nSPS) is 10.5. The standard InChI is InChI=1S/C27H32N2O4/c1-21(2)15-16-31-25-13-11-22(12-14-25)28-20-27(30)29-23-7-6-10-26(19-23)33-18-17-32-24-8-4-3-5-9-24/h3-14,19,21,28H,15-18,20H2,1-2H3,(H,29,30). The first-order chi connectivity index (χ1) is 16.1. The second kappa shape index (κ2) is 13.0. The number of rotatable bonds is 13. The van der Waals surface area contributed by atoms with E-state index in [1.54, 1.807) is 6.07 Å². The second-order valence-corrected chi connectivity index (χ2v) is 7.99. The van der Waals surface area contributed by atoms with E-state index in [0.717, 1.165) is 23.6 Å². The lowest BCUT2D eigenvalue weighted by molar-refractivity contribution is -0.114. The van der Waals surface area contributed by atoms with Gasteiger partial charge in [0.25, 0.3) is 0 Å². The predicted molar refractivity (Wildman–Crippen MR) is 132 cm³/mol. The molecule has 0 aliphatic carbocycles. The van der Waals surface area contributed by atoms with Gasteiger partial charge in [-0.3, -0.25) is 4.79 Å². The smallest absolute Gasteiger partial charge is 0.243 e. The number of carbonyl (C=O) groups is 1. The number of anilines is 2. The van der Waals surface area contributed by atoms with Crippen LogP contribution in [0.1, 0.15) is 20.3 Å². The molecule has 0 fully saturated rings. The summed E-state index contributed by atoms with van der Waals surface area (Å²) in [5.74, 6) is 2.78. The van der Waals surface area contributed by atoms with Gasteiger partial charge in [-0.25, -0.2) is 0 Å². The summed E-state index contributed by atoms with van der Waals surface area (Å²) in [6.45, 7) is 6.05. The Hall–Kier alpha value is -3.67. The van der Waals surface area contributed by atoms with E-state index in [2.05, 4.69) is 24.5 Å². The molecule has 0 spiro atoms. The summed E-state index contributed by atoms with van der Waals surface area (Å²) in [6.07, 6.45) is 1.02. The van der Waals surface area contributed by atoms with Gasteiger partial charge in [0.15, 0.2) is 0 Å². The summed E-state index contributed by atoms with van der Waals surface area (Å²) in [5.41, 5.74) is 1.54. The minimum Gasteiger partial charge on any atom is -0.494 e. The number of carbonyl (C=O) groups excluding carboxylic acids is 1. The molecule has 0 aromatic heterocycles. The molecule has 33 heavy (non-hydrogen) atoms. The van der Waals surface area contributed by atoms with E-state index >= 15 is 0 Å². The monoisotopic (exact) mass is 448 g/mol. The van der Waals surface area contributed by atoms with Crippen LogP contribution in [-0.4, -0.2) is 32.3 Å². The Kier molecular flexibility index (Phi) is 9.45. The van der Waals surface area contributed by atoms with E-state index in [4.69, 9.17) is 14.2 Å². The average molecular weight is 449 g/mol. The predicted octanol–water partition coefficient (Wildman–Crippen LogP) is 5.62. The summed E-state index contributed by atoms with van der Waals surface area (Å²) in [5, 5.41) is 6.00. The molecule has 0 saturated heterocycles. The lowest BCUT2D eigenvalue weighted by atomic mass is 10.1. The van der Waals surface area contributed by atoms with Crippen molar-refractivity contribution in [1.29, 1.82) is 0 Å². The first kappa shape index (κ1) is 24.0. The number of amides is 1. The van der Waals surface area contributed by atoms with Gasteiger partial charge in [-0.2, -0.15) is 0 Å². The van der Waals surface area contributed by atoms with Gasteiger partial charge in [0.1, 0.15) is 30.5 Å². The first-order valence-corrected chi connectivity index (χ1v) is 11.3. The highest BCUT2D eigenvalue weighted by Gasteiger charge is 2.05. The van der Waals surface area contributed by atoms with Crippen LogP contribution in [0.5, 0.6) is 17.2 Å². The van der Waals surface area contributed by atoms with Crippen LogP contribution in [0, 0.1) is 5.92 Å². The van der Waals surface area contributed by atoms with Crippen molar-refractivity contribution in [3.8, 4) is 17.2 Å². The van der Waals surface area contributed by atoms with Crippen LogP contribution in [0.2, 0.25) is 0 Å². The third-order valence-corrected chi connectivity index (χ3v) is 4.75. The minimum absolute atomic E-state index is 0.142. The zero-order chi connectivity index (χ0) is 23.3. The van der Waals surface area contributed by atoms with Gasteiger partial charge in [0.2, 0.25) is 5.91 Å². The topological polar surface area (TPSA) is 68.8 Å². The fourth-order valence-electron chi connectivity index (χ4n) is 2.97. The zero-order valence-corrected chi connectivity index (χ0v) is 19.3. The van der Waals surface area contributed by atoms with Gasteiger partial charge >= 0.3 is 0 Å². The van der Waals surface area contributed by atoms with Crippen LogP contribution in [0.3, 0.4) is 0 Å². The van der Waals surface area contributed by atoms with Crippen LogP contribution < -0.4 is 24.8 Å². The molecule has 0 aliphatic rings. The molecule has 0 unspecified atom stereocenters. The molecule has 6 nitrogen and oxygen atoms in total. The van der Waals surface area contributed by atoms with E-state index < -0.39 is 0 Å². The van der Waals surface area contributed by atoms with Gasteiger partial charge in [-0.05, 0) is 60.9 Å². The zero-order valence-electron chi connectivity index (χ0n) is 19.3. The van der Waals surface area contributed by atoms with Crippen molar-refractivity contribution in [2.45, 2.75) is 20.3 Å². The highest BCUT2D eigenvalue weighted by Crippen LogP contribution is 2.19. The molecule has 0 heterocycles. The Morgan fingerprint density at radius 1 is 0.727 bits per heavy atom. The Morgan fingerprint density at radius 3 is 2.09 bits per heavy atom. The third-order valence-electron chi connectivity index (χ3n) is 4.75. The molecule has 0 radical (unpaired) electrons. The number of benzene rings is 3. The fraction of sp³-hybridized carbons (Fsp3) is 0.296. The van der Waals surface area contributed by atoms with Crippen molar-refractivity contribution in [3.63, 3.8) is 0 Å². The number of ether oxygens (including phenoxy) is 3. The maximum Gasteiger partial charge on any atom is 0.243 e. The largest absolute Gasteiger partial charge is 0.494 e. The summed E-state index contributed by atoms with van der Waals surface area (Å²) < 4.78 is 17.1. The summed E-state index contributed by atoms with van der Waals surface area (Å²) in [7, 11) is 0. The van der Waals surface area contributed by atoms with Gasteiger partial charge in [0.05, 0.1) is 13.2 Å². The van der Waals surface area contributed by atoms with Gasteiger partial charge < -0.3 is 24.8 Å².